The van der Waals surface area contributed by atoms with Crippen molar-refractivity contribution in [2.45, 2.75) is 60.1 Å². The van der Waals surface area contributed by atoms with Crippen LogP contribution in [0.5, 0.6) is 0 Å². The van der Waals surface area contributed by atoms with Crippen LogP contribution in [0.4, 0.5) is 74.6 Å². The lowest BCUT2D eigenvalue weighted by atomic mass is 9.88. The van der Waals surface area contributed by atoms with E-state index in [0.29, 0.717) is 0 Å². The van der Waals surface area contributed by atoms with E-state index < -0.39 is 67.0 Å². The predicted octanol–water partition coefficient (Wildman–Crippen LogP) is 6.79. The predicted molar refractivity (Wildman–Crippen MR) is 69.8 cm³/mol. The lowest BCUT2D eigenvalue weighted by Gasteiger charge is -2.42. The van der Waals surface area contributed by atoms with Crippen LogP contribution in [0.3, 0.4) is 0 Å². The van der Waals surface area contributed by atoms with Crippen LogP contribution < -0.4 is 0 Å². The van der Waals surface area contributed by atoms with Crippen LogP contribution in [0, 0.1) is 0 Å². The van der Waals surface area contributed by atoms with Gasteiger partial charge in [-0.15, -0.1) is 22.2 Å². The van der Waals surface area contributed by atoms with Crippen molar-refractivity contribution in [3.63, 3.8) is 0 Å². The van der Waals surface area contributed by atoms with E-state index in [-0.39, 0.29) is 0 Å². The van der Waals surface area contributed by atoms with Gasteiger partial charge < -0.3 is 4.80 Å². The summed E-state index contributed by atoms with van der Waals surface area (Å²) in [5.41, 5.74) is 0. The number of rotatable bonds is 9. The number of hydrogen-bond donors (Lipinski definition) is 1. The van der Waals surface area contributed by atoms with Gasteiger partial charge in [0.05, 0.1) is 0 Å². The van der Waals surface area contributed by atoms with E-state index in [4.69, 9.17) is 27.0 Å². The van der Waals surface area contributed by atoms with Crippen molar-refractivity contribution in [3.05, 3.63) is 0 Å². The van der Waals surface area contributed by atoms with Crippen LogP contribution in [0.1, 0.15) is 6.42 Å². The normalized spacial score (nSPS) is 16.6. The van der Waals surface area contributed by atoms with E-state index in [1.807, 2.05) is 0 Å². The minimum absolute atomic E-state index is 1.92. The Hall–Kier alpha value is -0.433. The fourth-order valence-electron chi connectivity index (χ4n) is 1.66. The van der Waals surface area contributed by atoms with E-state index in [9.17, 15) is 74.6 Å². The molecule has 0 aromatic heterocycles. The molecule has 0 fully saturated rings. The van der Waals surface area contributed by atoms with Crippen molar-refractivity contribution >= 4 is 29.1 Å². The molecule has 0 radical (unpaired) electrons. The molecule has 188 valence electrons. The summed E-state index contributed by atoms with van der Waals surface area (Å²) in [5, 5.41) is 0. The number of hydrogen-bond acceptors (Lipinski definition) is 1. The third kappa shape index (κ3) is 4.64. The molecular formula is C10H5Cl2F17OSi. The van der Waals surface area contributed by atoms with Gasteiger partial charge in [-0.05, 0) is 6.04 Å². The van der Waals surface area contributed by atoms with Gasteiger partial charge in [-0.2, -0.15) is 74.6 Å². The summed E-state index contributed by atoms with van der Waals surface area (Å²) >= 11 is 9.51. The third-order valence-corrected chi connectivity index (χ3v) is 5.51. The Balaban J connectivity index is 6.56. The van der Waals surface area contributed by atoms with Crippen molar-refractivity contribution in [1.29, 1.82) is 0 Å². The summed E-state index contributed by atoms with van der Waals surface area (Å²) < 4.78 is 220. The molecule has 0 rings (SSSR count). The van der Waals surface area contributed by atoms with Crippen LogP contribution in [0.15, 0.2) is 0 Å². The Morgan fingerprint density at radius 3 is 1.00 bits per heavy atom. The highest BCUT2D eigenvalue weighted by atomic mass is 35.7. The van der Waals surface area contributed by atoms with Gasteiger partial charge in [-0.1, -0.05) is 0 Å². The topological polar surface area (TPSA) is 20.2 Å². The molecule has 0 aliphatic carbocycles. The zero-order valence-corrected chi connectivity index (χ0v) is 16.1. The summed E-state index contributed by atoms with van der Waals surface area (Å²) in [6.07, 6.45) is -10.6. The average Bonchev–Trinajstić information content (AvgIpc) is 2.50. The maximum absolute atomic E-state index is 13.4. The fourth-order valence-corrected chi connectivity index (χ4v) is 2.84. The van der Waals surface area contributed by atoms with Gasteiger partial charge in [0.2, 0.25) is 0 Å². The molecule has 0 aliphatic heterocycles. The lowest BCUT2D eigenvalue weighted by Crippen LogP contribution is -2.74. The van der Waals surface area contributed by atoms with Gasteiger partial charge in [-0.25, -0.2) is 0 Å². The van der Waals surface area contributed by atoms with Crippen molar-refractivity contribution in [2.24, 2.45) is 0 Å². The highest BCUT2D eigenvalue weighted by Crippen LogP contribution is 2.64. The molecular weight excluding hydrogens is 558 g/mol. The second-order valence-electron chi connectivity index (χ2n) is 5.81. The van der Waals surface area contributed by atoms with Crippen LogP contribution >= 0.6 is 22.2 Å². The zero-order valence-electron chi connectivity index (χ0n) is 13.5. The monoisotopic (exact) mass is 562 g/mol. The van der Waals surface area contributed by atoms with Gasteiger partial charge in [0.25, 0.3) is 0 Å². The van der Waals surface area contributed by atoms with Gasteiger partial charge in [0.1, 0.15) is 0 Å². The Bertz CT molecular complexity index is 652. The molecule has 0 heterocycles. The molecule has 1 N–H and O–H groups in total. The standard InChI is InChI=1S/C10H5Cl2F17OSi/c11-31(12,30)2-1-3(13,14)4(15,16)5(17,18)6(19,20)7(21,22)8(23,24)9(25,26)10(27,28)29/h30H,1-2H2. The second kappa shape index (κ2) is 7.81. The molecule has 21 heteroatoms. The largest absolute Gasteiger partial charge is 0.460 e. The van der Waals surface area contributed by atoms with Crippen LogP contribution in [-0.4, -0.2) is 59.4 Å². The molecule has 0 aromatic rings. The Kier molecular flexibility index (Phi) is 7.71. The Morgan fingerprint density at radius 2 is 0.742 bits per heavy atom. The number of halogens is 19. The van der Waals surface area contributed by atoms with Crippen LogP contribution in [0.2, 0.25) is 6.04 Å². The molecule has 0 amide bonds. The molecule has 0 atom stereocenters. The minimum atomic E-state index is -8.67. The van der Waals surface area contributed by atoms with Crippen LogP contribution in [0.25, 0.3) is 0 Å². The van der Waals surface area contributed by atoms with Gasteiger partial charge in [0, 0.05) is 6.42 Å². The van der Waals surface area contributed by atoms with Crippen molar-refractivity contribution < 1.29 is 79.4 Å². The summed E-state index contributed by atoms with van der Waals surface area (Å²) in [4.78, 5) is 8.76. The SMILES string of the molecule is O[Si](Cl)(Cl)CCC(F)(F)C(F)(F)C(F)(F)C(F)(F)C(F)(F)C(F)(F)C(F)(F)C(F)(F)F. The minimum Gasteiger partial charge on any atom is -0.409 e. The molecule has 0 spiro atoms. The molecule has 0 aromatic carbocycles. The van der Waals surface area contributed by atoms with Crippen LogP contribution in [-0.2, 0) is 0 Å². The van der Waals surface area contributed by atoms with E-state index in [1.165, 1.54) is 0 Å². The smallest absolute Gasteiger partial charge is 0.409 e. The molecule has 0 saturated heterocycles. The first kappa shape index (κ1) is 30.6. The first-order chi connectivity index (χ1) is 13.0. The van der Waals surface area contributed by atoms with E-state index in [1.54, 1.807) is 0 Å². The molecule has 0 saturated carbocycles. The van der Waals surface area contributed by atoms with Crippen molar-refractivity contribution in [2.75, 3.05) is 0 Å². The molecule has 0 aliphatic rings. The maximum atomic E-state index is 13.4. The van der Waals surface area contributed by atoms with Gasteiger partial charge in [-0.3, -0.25) is 0 Å². The summed E-state index contributed by atoms with van der Waals surface area (Å²) in [7, 11) is 0. The van der Waals surface area contributed by atoms with Gasteiger partial charge in [0.15, 0.2) is 0 Å². The van der Waals surface area contributed by atoms with E-state index in [0.717, 1.165) is 0 Å². The molecule has 0 bridgehead atoms. The molecule has 0 unspecified atom stereocenters. The first-order valence-corrected chi connectivity index (χ1v) is 10.9. The van der Waals surface area contributed by atoms with Crippen molar-refractivity contribution in [3.8, 4) is 0 Å². The highest BCUT2D eigenvalue weighted by molar-refractivity contribution is 7.41. The quantitative estimate of drug-likeness (QED) is 0.186. The Labute approximate surface area is 169 Å². The highest BCUT2D eigenvalue weighted by Gasteiger charge is 2.95. The van der Waals surface area contributed by atoms with E-state index in [2.05, 4.69) is 0 Å². The third-order valence-electron chi connectivity index (χ3n) is 3.53. The number of alkyl halides is 17. The maximum Gasteiger partial charge on any atom is 0.460 e. The average molecular weight is 563 g/mol. The lowest BCUT2D eigenvalue weighted by molar-refractivity contribution is -0.461. The van der Waals surface area contributed by atoms with Crippen molar-refractivity contribution in [1.82, 2.24) is 0 Å². The molecule has 1 nitrogen and oxygen atoms in total. The summed E-state index contributed by atoms with van der Waals surface area (Å²) in [6.45, 7) is -4.86. The Morgan fingerprint density at radius 1 is 0.484 bits per heavy atom. The summed E-state index contributed by atoms with van der Waals surface area (Å²) in [6, 6.07) is -1.92. The fraction of sp³-hybridized carbons (Fsp3) is 1.00. The summed E-state index contributed by atoms with van der Waals surface area (Å²) in [5.74, 6) is -56.8. The zero-order chi connectivity index (χ0) is 25.9. The molecule has 31 heavy (non-hydrogen) atoms. The second-order valence-corrected chi connectivity index (χ2v) is 12.0. The van der Waals surface area contributed by atoms with E-state index >= 15 is 0 Å². The van der Waals surface area contributed by atoms with Gasteiger partial charge >= 0.3 is 54.6 Å². The first-order valence-electron chi connectivity index (χ1n) is 6.77.